The first-order valence-corrected chi connectivity index (χ1v) is 6.67. The Morgan fingerprint density at radius 2 is 2.20 bits per heavy atom. The molecule has 2 atom stereocenters. The van der Waals surface area contributed by atoms with Gasteiger partial charge in [-0.25, -0.2) is 9.18 Å². The number of carbonyl (C=O) groups excluding carboxylic acids is 1. The topological polar surface area (TPSA) is 72.8 Å². The molecule has 0 spiro atoms. The van der Waals surface area contributed by atoms with Crippen LogP contribution in [0.5, 0.6) is 0 Å². The number of amides is 2. The SMILES string of the molecule is O=C(NCc1ccccc1F)N1CC[C@H](CO)[C@H](O)C1. The molecular formula is C14H19FN2O3. The van der Waals surface area contributed by atoms with Crippen LogP contribution in [0.15, 0.2) is 24.3 Å². The van der Waals surface area contributed by atoms with Crippen LogP contribution in [0.4, 0.5) is 9.18 Å². The van der Waals surface area contributed by atoms with E-state index in [1.807, 2.05) is 0 Å². The van der Waals surface area contributed by atoms with Crippen molar-refractivity contribution in [2.45, 2.75) is 19.1 Å². The summed E-state index contributed by atoms with van der Waals surface area (Å²) in [5.74, 6) is -0.530. The molecule has 1 aliphatic heterocycles. The van der Waals surface area contributed by atoms with Crippen LogP contribution in [0.3, 0.4) is 0 Å². The maximum Gasteiger partial charge on any atom is 0.317 e. The van der Waals surface area contributed by atoms with E-state index in [1.54, 1.807) is 18.2 Å². The van der Waals surface area contributed by atoms with Gasteiger partial charge in [0.2, 0.25) is 0 Å². The molecule has 0 bridgehead atoms. The van der Waals surface area contributed by atoms with Crippen LogP contribution in [-0.2, 0) is 6.54 Å². The number of benzene rings is 1. The van der Waals surface area contributed by atoms with Gasteiger partial charge >= 0.3 is 6.03 Å². The number of β-amino-alcohol motifs (C(OH)–C–C–N with tert-alkyl or cyclic N) is 1. The number of hydrogen-bond donors (Lipinski definition) is 3. The summed E-state index contributed by atoms with van der Waals surface area (Å²) in [6.45, 7) is 0.701. The summed E-state index contributed by atoms with van der Waals surface area (Å²) in [5.41, 5.74) is 0.423. The van der Waals surface area contributed by atoms with Crippen molar-refractivity contribution in [3.05, 3.63) is 35.6 Å². The van der Waals surface area contributed by atoms with E-state index in [2.05, 4.69) is 5.32 Å². The third-order valence-electron chi connectivity index (χ3n) is 3.63. The second-order valence-corrected chi connectivity index (χ2v) is 4.99. The van der Waals surface area contributed by atoms with Crippen molar-refractivity contribution in [2.24, 2.45) is 5.92 Å². The summed E-state index contributed by atoms with van der Waals surface area (Å²) < 4.78 is 13.4. The van der Waals surface area contributed by atoms with Gasteiger partial charge in [-0.1, -0.05) is 18.2 Å². The maximum absolute atomic E-state index is 13.4. The fraction of sp³-hybridized carbons (Fsp3) is 0.500. The molecule has 0 unspecified atom stereocenters. The van der Waals surface area contributed by atoms with Gasteiger partial charge in [-0.15, -0.1) is 0 Å². The van der Waals surface area contributed by atoms with Gasteiger partial charge in [-0.2, -0.15) is 0 Å². The second-order valence-electron chi connectivity index (χ2n) is 4.99. The molecule has 1 fully saturated rings. The predicted molar refractivity (Wildman–Crippen MR) is 71.4 cm³/mol. The van der Waals surface area contributed by atoms with Crippen LogP contribution in [0.25, 0.3) is 0 Å². The number of urea groups is 1. The summed E-state index contributed by atoms with van der Waals surface area (Å²) in [5, 5.41) is 21.5. The highest BCUT2D eigenvalue weighted by atomic mass is 19.1. The van der Waals surface area contributed by atoms with Gasteiger partial charge in [0.05, 0.1) is 6.10 Å². The average Bonchev–Trinajstić information content (AvgIpc) is 2.46. The highest BCUT2D eigenvalue weighted by Crippen LogP contribution is 2.17. The molecule has 0 aromatic heterocycles. The summed E-state index contributed by atoms with van der Waals surface area (Å²) in [6, 6.07) is 5.93. The number of aliphatic hydroxyl groups is 2. The summed E-state index contributed by atoms with van der Waals surface area (Å²) >= 11 is 0. The van der Waals surface area contributed by atoms with E-state index in [-0.39, 0.29) is 37.5 Å². The number of likely N-dealkylation sites (tertiary alicyclic amines) is 1. The Morgan fingerprint density at radius 1 is 1.45 bits per heavy atom. The number of carbonyl (C=O) groups is 1. The van der Waals surface area contributed by atoms with E-state index < -0.39 is 6.10 Å². The number of nitrogens with one attached hydrogen (secondary N) is 1. The number of nitrogens with zero attached hydrogens (tertiary/aromatic N) is 1. The van der Waals surface area contributed by atoms with Crippen molar-refractivity contribution in [3.63, 3.8) is 0 Å². The predicted octanol–water partition coefficient (Wildman–Crippen LogP) is 0.710. The van der Waals surface area contributed by atoms with E-state index in [0.717, 1.165) is 0 Å². The maximum atomic E-state index is 13.4. The van der Waals surface area contributed by atoms with E-state index >= 15 is 0 Å². The lowest BCUT2D eigenvalue weighted by atomic mass is 9.95. The summed E-state index contributed by atoms with van der Waals surface area (Å²) in [4.78, 5) is 13.4. The lowest BCUT2D eigenvalue weighted by molar-refractivity contribution is 0.0104. The Balaban J connectivity index is 1.85. The fourth-order valence-corrected chi connectivity index (χ4v) is 2.30. The Bertz CT molecular complexity index is 469. The Hall–Kier alpha value is -1.66. The molecule has 1 aromatic rings. The molecule has 6 heteroatoms. The Kier molecular flexibility index (Phi) is 4.92. The molecule has 1 aliphatic rings. The molecule has 1 saturated heterocycles. The molecule has 20 heavy (non-hydrogen) atoms. The molecule has 2 rings (SSSR count). The van der Waals surface area contributed by atoms with Crippen LogP contribution in [0.2, 0.25) is 0 Å². The fourth-order valence-electron chi connectivity index (χ4n) is 2.30. The number of piperidine rings is 1. The van der Waals surface area contributed by atoms with Gasteiger partial charge in [0.1, 0.15) is 5.82 Å². The molecular weight excluding hydrogens is 263 g/mol. The third kappa shape index (κ3) is 3.46. The number of halogens is 1. The minimum Gasteiger partial charge on any atom is -0.396 e. The van der Waals surface area contributed by atoms with Crippen LogP contribution in [0, 0.1) is 11.7 Å². The van der Waals surface area contributed by atoms with Gasteiger partial charge in [0.15, 0.2) is 0 Å². The molecule has 3 N–H and O–H groups in total. The third-order valence-corrected chi connectivity index (χ3v) is 3.63. The zero-order valence-electron chi connectivity index (χ0n) is 11.1. The molecule has 0 saturated carbocycles. The summed E-state index contributed by atoms with van der Waals surface area (Å²) in [7, 11) is 0. The minimum absolute atomic E-state index is 0.0775. The highest BCUT2D eigenvalue weighted by Gasteiger charge is 2.29. The first-order valence-electron chi connectivity index (χ1n) is 6.67. The van der Waals surface area contributed by atoms with Crippen LogP contribution < -0.4 is 5.32 Å². The quantitative estimate of drug-likeness (QED) is 0.764. The molecule has 5 nitrogen and oxygen atoms in total. The number of hydrogen-bond acceptors (Lipinski definition) is 3. The van der Waals surface area contributed by atoms with Crippen molar-refractivity contribution in [1.82, 2.24) is 10.2 Å². The number of aliphatic hydroxyl groups excluding tert-OH is 2. The van der Waals surface area contributed by atoms with Gasteiger partial charge in [0.25, 0.3) is 0 Å². The van der Waals surface area contributed by atoms with Crippen molar-refractivity contribution in [3.8, 4) is 0 Å². The van der Waals surface area contributed by atoms with E-state index in [0.29, 0.717) is 18.5 Å². The zero-order valence-corrected chi connectivity index (χ0v) is 11.1. The minimum atomic E-state index is -0.715. The normalized spacial score (nSPS) is 22.6. The van der Waals surface area contributed by atoms with Gasteiger partial charge in [-0.3, -0.25) is 0 Å². The monoisotopic (exact) mass is 282 g/mol. The molecule has 110 valence electrons. The molecule has 2 amide bonds. The standard InChI is InChI=1S/C14H19FN2O3/c15-12-4-2-1-3-10(12)7-16-14(20)17-6-5-11(9-18)13(19)8-17/h1-4,11,13,18-19H,5-9H2,(H,16,20)/t11-,13-/m1/s1. The summed E-state index contributed by atoms with van der Waals surface area (Å²) in [6.07, 6.45) is -0.155. The highest BCUT2D eigenvalue weighted by molar-refractivity contribution is 5.74. The van der Waals surface area contributed by atoms with E-state index in [4.69, 9.17) is 5.11 Å². The first-order chi connectivity index (χ1) is 9.61. The number of rotatable bonds is 3. The zero-order chi connectivity index (χ0) is 14.5. The Morgan fingerprint density at radius 3 is 2.85 bits per heavy atom. The van der Waals surface area contributed by atoms with Gasteiger partial charge < -0.3 is 20.4 Å². The van der Waals surface area contributed by atoms with Crippen molar-refractivity contribution in [1.29, 1.82) is 0 Å². The van der Waals surface area contributed by atoms with Gasteiger partial charge in [-0.05, 0) is 12.5 Å². The lowest BCUT2D eigenvalue weighted by Crippen LogP contribution is -2.50. The van der Waals surface area contributed by atoms with Crippen LogP contribution >= 0.6 is 0 Å². The molecule has 1 heterocycles. The lowest BCUT2D eigenvalue weighted by Gasteiger charge is -2.35. The first kappa shape index (κ1) is 14.7. The largest absolute Gasteiger partial charge is 0.396 e. The van der Waals surface area contributed by atoms with E-state index in [1.165, 1.54) is 11.0 Å². The average molecular weight is 282 g/mol. The van der Waals surface area contributed by atoms with Crippen molar-refractivity contribution >= 4 is 6.03 Å². The Labute approximate surface area is 117 Å². The van der Waals surface area contributed by atoms with Crippen LogP contribution in [-0.4, -0.2) is 46.9 Å². The van der Waals surface area contributed by atoms with Crippen molar-refractivity contribution in [2.75, 3.05) is 19.7 Å². The smallest absolute Gasteiger partial charge is 0.317 e. The van der Waals surface area contributed by atoms with Crippen LogP contribution in [0.1, 0.15) is 12.0 Å². The molecule has 0 radical (unpaired) electrons. The molecule has 0 aliphatic carbocycles. The van der Waals surface area contributed by atoms with E-state index in [9.17, 15) is 14.3 Å². The van der Waals surface area contributed by atoms with Gasteiger partial charge in [0, 0.05) is 37.7 Å². The molecule has 1 aromatic carbocycles. The van der Waals surface area contributed by atoms with Crippen molar-refractivity contribution < 1.29 is 19.4 Å². The second kappa shape index (κ2) is 6.67.